The highest BCUT2D eigenvalue weighted by Crippen LogP contribution is 2.27. The SMILES string of the molecule is CCCCCCCCNc1c(-c2ccccn2)nc2cc(C)ccn12. The number of unbranched alkanes of at least 4 members (excludes halogenated alkanes) is 5. The molecule has 0 fully saturated rings. The smallest absolute Gasteiger partial charge is 0.140 e. The van der Waals surface area contributed by atoms with Gasteiger partial charge in [-0.25, -0.2) is 4.98 Å². The van der Waals surface area contributed by atoms with E-state index in [0.29, 0.717) is 0 Å². The highest BCUT2D eigenvalue weighted by atomic mass is 15.1. The predicted octanol–water partition coefficient (Wildman–Crippen LogP) is 5.48. The Kier molecular flexibility index (Phi) is 6.04. The van der Waals surface area contributed by atoms with Crippen LogP contribution in [0, 0.1) is 6.92 Å². The van der Waals surface area contributed by atoms with Gasteiger partial charge in [0.2, 0.25) is 0 Å². The molecule has 4 heteroatoms. The van der Waals surface area contributed by atoms with E-state index >= 15 is 0 Å². The van der Waals surface area contributed by atoms with Gasteiger partial charge in [-0.1, -0.05) is 45.1 Å². The average Bonchev–Trinajstić information content (AvgIpc) is 2.99. The Morgan fingerprint density at radius 1 is 1.04 bits per heavy atom. The van der Waals surface area contributed by atoms with Crippen LogP contribution in [0.1, 0.15) is 51.0 Å². The maximum absolute atomic E-state index is 4.82. The maximum atomic E-state index is 4.82. The monoisotopic (exact) mass is 336 g/mol. The topological polar surface area (TPSA) is 42.2 Å². The van der Waals surface area contributed by atoms with E-state index in [4.69, 9.17) is 4.98 Å². The van der Waals surface area contributed by atoms with Gasteiger partial charge in [0, 0.05) is 18.9 Å². The van der Waals surface area contributed by atoms with Crippen LogP contribution in [0.2, 0.25) is 0 Å². The van der Waals surface area contributed by atoms with E-state index in [1.54, 1.807) is 0 Å². The second-order valence-corrected chi connectivity index (χ2v) is 6.65. The number of aryl methyl sites for hydroxylation is 1. The lowest BCUT2D eigenvalue weighted by Gasteiger charge is -2.09. The van der Waals surface area contributed by atoms with Crippen LogP contribution in [0.15, 0.2) is 42.7 Å². The first-order chi connectivity index (χ1) is 12.3. The van der Waals surface area contributed by atoms with Crippen LogP contribution in [-0.4, -0.2) is 20.9 Å². The summed E-state index contributed by atoms with van der Waals surface area (Å²) in [4.78, 5) is 9.31. The van der Waals surface area contributed by atoms with Gasteiger partial charge in [-0.15, -0.1) is 0 Å². The molecule has 0 saturated heterocycles. The van der Waals surface area contributed by atoms with Crippen molar-refractivity contribution in [1.29, 1.82) is 0 Å². The van der Waals surface area contributed by atoms with E-state index in [-0.39, 0.29) is 0 Å². The quantitative estimate of drug-likeness (QED) is 0.526. The van der Waals surface area contributed by atoms with Gasteiger partial charge in [-0.3, -0.25) is 9.38 Å². The zero-order valence-electron chi connectivity index (χ0n) is 15.3. The molecule has 3 aromatic rings. The number of nitrogens with one attached hydrogen (secondary N) is 1. The van der Waals surface area contributed by atoms with Crippen LogP contribution in [0.25, 0.3) is 17.0 Å². The van der Waals surface area contributed by atoms with Crippen molar-refractivity contribution in [2.75, 3.05) is 11.9 Å². The largest absolute Gasteiger partial charge is 0.369 e. The minimum absolute atomic E-state index is 0.911. The van der Waals surface area contributed by atoms with Gasteiger partial charge in [0.25, 0.3) is 0 Å². The van der Waals surface area contributed by atoms with Crippen molar-refractivity contribution in [3.8, 4) is 11.4 Å². The number of nitrogens with zero attached hydrogens (tertiary/aromatic N) is 3. The summed E-state index contributed by atoms with van der Waals surface area (Å²) < 4.78 is 2.13. The van der Waals surface area contributed by atoms with Gasteiger partial charge in [0.05, 0.1) is 5.69 Å². The Hall–Kier alpha value is -2.36. The van der Waals surface area contributed by atoms with Crippen LogP contribution in [0.4, 0.5) is 5.82 Å². The van der Waals surface area contributed by atoms with Crippen molar-refractivity contribution in [3.63, 3.8) is 0 Å². The Bertz CT molecular complexity index is 792. The summed E-state index contributed by atoms with van der Waals surface area (Å²) in [5.41, 5.74) is 4.02. The number of aromatic nitrogens is 3. The Labute approximate surface area is 150 Å². The standard InChI is InChI=1S/C21H28N4/c1-3-4-5-6-7-9-14-23-21-20(18-11-8-10-13-22-18)24-19-16-17(2)12-15-25(19)21/h8,10-13,15-16,23H,3-7,9,14H2,1-2H3. The summed E-state index contributed by atoms with van der Waals surface area (Å²) >= 11 is 0. The minimum Gasteiger partial charge on any atom is -0.369 e. The Balaban J connectivity index is 1.75. The molecule has 3 rings (SSSR count). The first-order valence-electron chi connectivity index (χ1n) is 9.43. The molecule has 0 bridgehead atoms. The number of hydrogen-bond donors (Lipinski definition) is 1. The normalized spacial score (nSPS) is 11.1. The first kappa shape index (κ1) is 17.5. The summed E-state index contributed by atoms with van der Waals surface area (Å²) in [6.07, 6.45) is 11.7. The molecule has 0 radical (unpaired) electrons. The lowest BCUT2D eigenvalue weighted by atomic mass is 10.1. The second-order valence-electron chi connectivity index (χ2n) is 6.65. The fourth-order valence-corrected chi connectivity index (χ4v) is 3.11. The third-order valence-electron chi connectivity index (χ3n) is 4.51. The van der Waals surface area contributed by atoms with E-state index in [0.717, 1.165) is 29.4 Å². The van der Waals surface area contributed by atoms with Crippen molar-refractivity contribution < 1.29 is 0 Å². The zero-order chi connectivity index (χ0) is 17.5. The van der Waals surface area contributed by atoms with Gasteiger partial charge < -0.3 is 5.32 Å². The van der Waals surface area contributed by atoms with Crippen molar-refractivity contribution in [1.82, 2.24) is 14.4 Å². The number of fused-ring (bicyclic) bond motifs is 1. The van der Waals surface area contributed by atoms with Crippen molar-refractivity contribution in [2.45, 2.75) is 52.4 Å². The van der Waals surface area contributed by atoms with E-state index in [1.165, 1.54) is 44.1 Å². The van der Waals surface area contributed by atoms with Gasteiger partial charge in [0.15, 0.2) is 0 Å². The fourth-order valence-electron chi connectivity index (χ4n) is 3.11. The van der Waals surface area contributed by atoms with Gasteiger partial charge in [-0.05, 0) is 43.2 Å². The second kappa shape index (κ2) is 8.65. The van der Waals surface area contributed by atoms with Crippen LogP contribution in [0.3, 0.4) is 0 Å². The average molecular weight is 336 g/mol. The number of imidazole rings is 1. The molecule has 0 amide bonds. The zero-order valence-corrected chi connectivity index (χ0v) is 15.3. The molecule has 0 aromatic carbocycles. The third-order valence-corrected chi connectivity index (χ3v) is 4.51. The van der Waals surface area contributed by atoms with Crippen LogP contribution >= 0.6 is 0 Å². The van der Waals surface area contributed by atoms with E-state index in [9.17, 15) is 0 Å². The molecule has 0 aliphatic rings. The molecule has 0 saturated carbocycles. The van der Waals surface area contributed by atoms with Crippen LogP contribution in [-0.2, 0) is 0 Å². The molecule has 25 heavy (non-hydrogen) atoms. The minimum atomic E-state index is 0.911. The molecule has 3 heterocycles. The Morgan fingerprint density at radius 3 is 2.68 bits per heavy atom. The van der Waals surface area contributed by atoms with Crippen LogP contribution < -0.4 is 5.32 Å². The molecule has 0 aliphatic heterocycles. The predicted molar refractivity (Wildman–Crippen MR) is 105 cm³/mol. The molecule has 4 nitrogen and oxygen atoms in total. The molecule has 0 aliphatic carbocycles. The molecular weight excluding hydrogens is 308 g/mol. The van der Waals surface area contributed by atoms with Crippen molar-refractivity contribution in [3.05, 3.63) is 48.3 Å². The highest BCUT2D eigenvalue weighted by molar-refractivity contribution is 5.74. The van der Waals surface area contributed by atoms with E-state index in [2.05, 4.69) is 46.9 Å². The number of pyridine rings is 2. The summed E-state index contributed by atoms with van der Waals surface area (Å²) in [5, 5.41) is 3.61. The number of rotatable bonds is 9. The lowest BCUT2D eigenvalue weighted by Crippen LogP contribution is -2.05. The lowest BCUT2D eigenvalue weighted by molar-refractivity contribution is 0.616. The van der Waals surface area contributed by atoms with Gasteiger partial charge >= 0.3 is 0 Å². The van der Waals surface area contributed by atoms with E-state index < -0.39 is 0 Å². The summed E-state index contributed by atoms with van der Waals surface area (Å²) in [6.45, 7) is 5.32. The summed E-state index contributed by atoms with van der Waals surface area (Å²) in [6, 6.07) is 10.2. The third kappa shape index (κ3) is 4.38. The highest BCUT2D eigenvalue weighted by Gasteiger charge is 2.14. The molecule has 3 aromatic heterocycles. The first-order valence-corrected chi connectivity index (χ1v) is 9.43. The molecule has 0 atom stereocenters. The van der Waals surface area contributed by atoms with Gasteiger partial charge in [0.1, 0.15) is 17.2 Å². The van der Waals surface area contributed by atoms with Crippen LogP contribution in [0.5, 0.6) is 0 Å². The molecule has 0 spiro atoms. The fraction of sp³-hybridized carbons (Fsp3) is 0.429. The Morgan fingerprint density at radius 2 is 1.88 bits per heavy atom. The van der Waals surface area contributed by atoms with E-state index in [1.807, 2.05) is 24.4 Å². The van der Waals surface area contributed by atoms with Gasteiger partial charge in [-0.2, -0.15) is 0 Å². The summed E-state index contributed by atoms with van der Waals surface area (Å²) in [5.74, 6) is 1.04. The van der Waals surface area contributed by atoms with Crippen molar-refractivity contribution in [2.24, 2.45) is 0 Å². The molecule has 132 valence electrons. The molecule has 1 N–H and O–H groups in total. The molecule has 0 unspecified atom stereocenters. The maximum Gasteiger partial charge on any atom is 0.140 e. The number of hydrogen-bond acceptors (Lipinski definition) is 3. The number of anilines is 1. The summed E-state index contributed by atoms with van der Waals surface area (Å²) in [7, 11) is 0. The molecular formula is C21H28N4. The van der Waals surface area contributed by atoms with Crippen molar-refractivity contribution >= 4 is 11.5 Å².